The van der Waals surface area contributed by atoms with Crippen molar-refractivity contribution in [1.29, 1.82) is 0 Å². The van der Waals surface area contributed by atoms with E-state index < -0.39 is 0 Å². The zero-order valence-corrected chi connectivity index (χ0v) is 25.0. The van der Waals surface area contributed by atoms with Crippen LogP contribution in [0, 0.1) is 0 Å². The summed E-state index contributed by atoms with van der Waals surface area (Å²) in [6.45, 7) is 11.5. The summed E-state index contributed by atoms with van der Waals surface area (Å²) in [5.74, 6) is 1.79. The predicted octanol–water partition coefficient (Wildman–Crippen LogP) is 10.7. The van der Waals surface area contributed by atoms with E-state index in [2.05, 4.69) is 159 Å². The molecule has 4 nitrogen and oxygen atoms in total. The first-order valence-corrected chi connectivity index (χ1v) is 14.8. The van der Waals surface area contributed by atoms with Gasteiger partial charge in [-0.2, -0.15) is 0 Å². The Kier molecular flexibility index (Phi) is 6.05. The van der Waals surface area contributed by atoms with Crippen LogP contribution in [-0.2, 0) is 6.42 Å². The van der Waals surface area contributed by atoms with Gasteiger partial charge >= 0.3 is 0 Å². The van der Waals surface area contributed by atoms with Crippen molar-refractivity contribution in [3.63, 3.8) is 0 Å². The molecule has 2 aliphatic heterocycles. The van der Waals surface area contributed by atoms with E-state index in [1.165, 1.54) is 28.3 Å². The number of anilines is 7. The Balaban J connectivity index is 1.24. The Morgan fingerprint density at radius 1 is 0.476 bits per heavy atom. The van der Waals surface area contributed by atoms with Gasteiger partial charge in [0, 0.05) is 16.8 Å². The molecule has 0 radical (unpaired) electrons. The number of hydrogen-bond acceptors (Lipinski definition) is 4. The van der Waals surface area contributed by atoms with Crippen LogP contribution in [0.25, 0.3) is 0 Å². The minimum atomic E-state index is -0.199. The summed E-state index contributed by atoms with van der Waals surface area (Å²) >= 11 is 0. The molecule has 0 spiro atoms. The number of fused-ring (bicyclic) bond motifs is 4. The summed E-state index contributed by atoms with van der Waals surface area (Å²) in [5, 5.41) is 0. The zero-order valence-electron chi connectivity index (χ0n) is 25.0. The molecule has 0 unspecified atom stereocenters. The van der Waals surface area contributed by atoms with Crippen LogP contribution in [0.15, 0.2) is 121 Å². The number of ether oxygens (including phenoxy) is 1. The van der Waals surface area contributed by atoms with Gasteiger partial charge in [-0.3, -0.25) is 0 Å². The second kappa shape index (κ2) is 9.70. The molecular weight excluding hydrogens is 514 g/mol. The van der Waals surface area contributed by atoms with Crippen molar-refractivity contribution in [3.8, 4) is 11.5 Å². The van der Waals surface area contributed by atoms with Crippen molar-refractivity contribution < 1.29 is 4.74 Å². The van der Waals surface area contributed by atoms with Gasteiger partial charge in [0.25, 0.3) is 0 Å². The molecule has 0 bridgehead atoms. The van der Waals surface area contributed by atoms with Gasteiger partial charge in [-0.15, -0.1) is 0 Å². The normalized spacial score (nSPS) is 14.0. The highest BCUT2D eigenvalue weighted by atomic mass is 16.5. The smallest absolute Gasteiger partial charge is 0.151 e. The molecule has 5 aromatic rings. The molecule has 4 heteroatoms. The molecule has 0 N–H and O–H groups in total. The number of benzene rings is 5. The maximum Gasteiger partial charge on any atom is 0.151 e. The first-order chi connectivity index (χ1) is 20.2. The van der Waals surface area contributed by atoms with E-state index in [-0.39, 0.29) is 11.1 Å². The highest BCUT2D eigenvalue weighted by Gasteiger charge is 2.36. The summed E-state index contributed by atoms with van der Waals surface area (Å²) in [7, 11) is 0. The van der Waals surface area contributed by atoms with Crippen molar-refractivity contribution in [2.24, 2.45) is 0 Å². The van der Waals surface area contributed by atoms with Crippen LogP contribution >= 0.6 is 0 Å². The fraction of sp³-hybridized carbons (Fsp3) is 0.211. The lowest BCUT2D eigenvalue weighted by Gasteiger charge is -2.46. The SMILES string of the molecule is CC(C)(C)N1c2ccccc2N(c2ccc(CC(C)(C)N3c4ccccc4Oc4ccccc43)cc2)c2ccccc21. The van der Waals surface area contributed by atoms with Crippen molar-refractivity contribution >= 4 is 39.8 Å². The maximum absolute atomic E-state index is 6.27. The Morgan fingerprint density at radius 3 is 1.38 bits per heavy atom. The number of hydrogen-bond donors (Lipinski definition) is 0. The largest absolute Gasteiger partial charge is 0.453 e. The number of rotatable bonds is 4. The third-order valence-electron chi connectivity index (χ3n) is 8.27. The molecule has 0 aliphatic carbocycles. The van der Waals surface area contributed by atoms with E-state index in [1.54, 1.807) is 0 Å². The standard InChI is InChI=1S/C38H37N3O/c1-37(2,3)40-31-16-8-6-14-29(31)39(30-15-7-9-17-32(30)40)28-24-22-27(23-25-28)26-38(4,5)41-33-18-10-12-20-35(33)42-36-21-13-11-19-34(36)41/h6-25H,26H2,1-5H3. The summed E-state index contributed by atoms with van der Waals surface area (Å²) in [5.41, 5.74) is 9.22. The molecule has 42 heavy (non-hydrogen) atoms. The molecule has 0 saturated carbocycles. The van der Waals surface area contributed by atoms with Gasteiger partial charge in [0.1, 0.15) is 0 Å². The molecule has 0 atom stereocenters. The predicted molar refractivity (Wildman–Crippen MR) is 176 cm³/mol. The third kappa shape index (κ3) is 4.30. The van der Waals surface area contributed by atoms with Crippen molar-refractivity contribution in [3.05, 3.63) is 127 Å². The molecule has 5 aromatic carbocycles. The first kappa shape index (κ1) is 26.2. The Bertz CT molecular complexity index is 1670. The molecule has 0 aromatic heterocycles. The fourth-order valence-electron chi connectivity index (χ4n) is 6.64. The van der Waals surface area contributed by atoms with Crippen molar-refractivity contribution in [2.75, 3.05) is 14.7 Å². The molecule has 0 amide bonds. The molecular formula is C38H37N3O. The highest BCUT2D eigenvalue weighted by Crippen LogP contribution is 2.54. The van der Waals surface area contributed by atoms with E-state index in [4.69, 9.17) is 4.74 Å². The monoisotopic (exact) mass is 551 g/mol. The molecule has 0 saturated heterocycles. The van der Waals surface area contributed by atoms with Gasteiger partial charge in [-0.25, -0.2) is 0 Å². The van der Waals surface area contributed by atoms with E-state index >= 15 is 0 Å². The van der Waals surface area contributed by atoms with E-state index in [0.717, 1.165) is 35.0 Å². The lowest BCUT2D eigenvalue weighted by atomic mass is 9.90. The summed E-state index contributed by atoms with van der Waals surface area (Å²) in [6.07, 6.45) is 0.876. The third-order valence-corrected chi connectivity index (χ3v) is 8.27. The molecule has 0 fully saturated rings. The number of nitrogens with zero attached hydrogens (tertiary/aromatic N) is 3. The Hall–Kier alpha value is -4.70. The minimum absolute atomic E-state index is 0.0650. The van der Waals surface area contributed by atoms with Gasteiger partial charge in [0.05, 0.1) is 34.1 Å². The van der Waals surface area contributed by atoms with Crippen LogP contribution in [0.4, 0.5) is 39.8 Å². The molecule has 210 valence electrons. The van der Waals surface area contributed by atoms with Gasteiger partial charge in [-0.05, 0) is 107 Å². The van der Waals surface area contributed by atoms with Crippen LogP contribution in [0.5, 0.6) is 11.5 Å². The lowest BCUT2D eigenvalue weighted by Crippen LogP contribution is -2.43. The second-order valence-corrected chi connectivity index (χ2v) is 12.8. The Labute approximate surface area is 249 Å². The second-order valence-electron chi connectivity index (χ2n) is 12.8. The minimum Gasteiger partial charge on any atom is -0.453 e. The topological polar surface area (TPSA) is 19.0 Å². The Morgan fingerprint density at radius 2 is 0.905 bits per heavy atom. The average molecular weight is 552 g/mol. The van der Waals surface area contributed by atoms with Crippen LogP contribution in [0.1, 0.15) is 40.2 Å². The van der Waals surface area contributed by atoms with Gasteiger partial charge < -0.3 is 19.4 Å². The van der Waals surface area contributed by atoms with Crippen LogP contribution in [-0.4, -0.2) is 11.1 Å². The van der Waals surface area contributed by atoms with Crippen molar-refractivity contribution in [2.45, 2.75) is 52.1 Å². The van der Waals surface area contributed by atoms with Gasteiger partial charge in [0.2, 0.25) is 0 Å². The van der Waals surface area contributed by atoms with Crippen LogP contribution in [0.2, 0.25) is 0 Å². The van der Waals surface area contributed by atoms with Gasteiger partial charge in [0.15, 0.2) is 11.5 Å². The molecule has 2 heterocycles. The fourth-order valence-corrected chi connectivity index (χ4v) is 6.64. The van der Waals surface area contributed by atoms with E-state index in [0.29, 0.717) is 0 Å². The number of para-hydroxylation sites is 8. The quantitative estimate of drug-likeness (QED) is 0.221. The van der Waals surface area contributed by atoms with Crippen LogP contribution in [0.3, 0.4) is 0 Å². The van der Waals surface area contributed by atoms with Crippen LogP contribution < -0.4 is 19.4 Å². The van der Waals surface area contributed by atoms with Crippen molar-refractivity contribution in [1.82, 2.24) is 0 Å². The lowest BCUT2D eigenvalue weighted by molar-refractivity contribution is 0.437. The van der Waals surface area contributed by atoms with E-state index in [1.807, 2.05) is 12.1 Å². The summed E-state index contributed by atoms with van der Waals surface area (Å²) < 4.78 is 6.27. The molecule has 7 rings (SSSR count). The zero-order chi connectivity index (χ0) is 29.1. The summed E-state index contributed by atoms with van der Waals surface area (Å²) in [4.78, 5) is 7.30. The van der Waals surface area contributed by atoms with Gasteiger partial charge in [-0.1, -0.05) is 60.7 Å². The molecule has 2 aliphatic rings. The maximum atomic E-state index is 6.27. The summed E-state index contributed by atoms with van der Waals surface area (Å²) in [6, 6.07) is 43.3. The van der Waals surface area contributed by atoms with E-state index in [9.17, 15) is 0 Å². The first-order valence-electron chi connectivity index (χ1n) is 14.8. The average Bonchev–Trinajstić information content (AvgIpc) is 2.98. The highest BCUT2D eigenvalue weighted by molar-refractivity contribution is 5.98.